The van der Waals surface area contributed by atoms with Crippen LogP contribution in [0.4, 0.5) is 21.9 Å². The van der Waals surface area contributed by atoms with Gasteiger partial charge in [-0.25, -0.2) is 4.79 Å². The third-order valence-corrected chi connectivity index (χ3v) is 4.43. The van der Waals surface area contributed by atoms with Gasteiger partial charge in [0, 0.05) is 11.9 Å². The van der Waals surface area contributed by atoms with Crippen LogP contribution in [0.15, 0.2) is 36.7 Å². The highest BCUT2D eigenvalue weighted by Gasteiger charge is 2.43. The minimum Gasteiger partial charge on any atom is -0.376 e. The topological polar surface area (TPSA) is 94.6 Å². The van der Waals surface area contributed by atoms with Gasteiger partial charge in [0.1, 0.15) is 6.73 Å². The van der Waals surface area contributed by atoms with Crippen LogP contribution >= 0.6 is 0 Å². The molecular weight excluding hydrogens is 320 g/mol. The number of anilines is 3. The van der Waals surface area contributed by atoms with Gasteiger partial charge in [-0.15, -0.1) is 0 Å². The number of hydrogen-bond acceptors (Lipinski definition) is 4. The lowest BCUT2D eigenvalue weighted by Crippen LogP contribution is -2.36. The van der Waals surface area contributed by atoms with E-state index in [0.29, 0.717) is 17.1 Å². The molecule has 1 aliphatic heterocycles. The van der Waals surface area contributed by atoms with Crippen LogP contribution in [0.2, 0.25) is 0 Å². The molecule has 0 unspecified atom stereocenters. The summed E-state index contributed by atoms with van der Waals surface area (Å²) in [4.78, 5) is 29.9. The van der Waals surface area contributed by atoms with Crippen molar-refractivity contribution in [3.05, 3.63) is 47.8 Å². The molecule has 25 heavy (non-hydrogen) atoms. The van der Waals surface area contributed by atoms with Crippen molar-refractivity contribution in [1.82, 2.24) is 4.98 Å². The Morgan fingerprint density at radius 2 is 2.04 bits per heavy atom. The second kappa shape index (κ2) is 6.18. The lowest BCUT2D eigenvalue weighted by atomic mass is 9.86. The molecule has 130 valence electrons. The van der Waals surface area contributed by atoms with Crippen LogP contribution < -0.4 is 15.5 Å². The molecule has 0 atom stereocenters. The second-order valence-electron chi connectivity index (χ2n) is 6.50. The van der Waals surface area contributed by atoms with Gasteiger partial charge in [-0.1, -0.05) is 0 Å². The van der Waals surface area contributed by atoms with Gasteiger partial charge in [0.05, 0.1) is 23.0 Å². The summed E-state index contributed by atoms with van der Waals surface area (Å²) in [6, 6.07) is 6.60. The number of urea groups is 1. The van der Waals surface area contributed by atoms with E-state index in [4.69, 9.17) is 0 Å². The number of nitrogens with zero attached hydrogens (tertiary/aromatic N) is 2. The van der Waals surface area contributed by atoms with Crippen molar-refractivity contribution in [1.29, 1.82) is 0 Å². The van der Waals surface area contributed by atoms with Gasteiger partial charge in [0.25, 0.3) is 0 Å². The van der Waals surface area contributed by atoms with Gasteiger partial charge in [0.2, 0.25) is 5.91 Å². The minimum atomic E-state index is -0.758. The number of amides is 3. The zero-order valence-corrected chi connectivity index (χ0v) is 14.3. The quantitative estimate of drug-likeness (QED) is 0.800. The van der Waals surface area contributed by atoms with Gasteiger partial charge in [-0.3, -0.25) is 14.7 Å². The predicted octanol–water partition coefficient (Wildman–Crippen LogP) is 2.61. The SMILES string of the molecule is Cc1ccncc1NC(=O)Nc1ccc2c(c1)C(C)(C)C(=O)N2CO. The maximum atomic E-state index is 12.4. The van der Waals surface area contributed by atoms with Crippen molar-refractivity contribution in [2.24, 2.45) is 0 Å². The number of hydrogen-bond donors (Lipinski definition) is 3. The number of benzene rings is 1. The first-order chi connectivity index (χ1) is 11.8. The Hall–Kier alpha value is -2.93. The molecule has 1 aromatic heterocycles. The molecule has 1 aromatic carbocycles. The Bertz CT molecular complexity index is 848. The van der Waals surface area contributed by atoms with Gasteiger partial charge in [-0.05, 0) is 56.2 Å². The van der Waals surface area contributed by atoms with Crippen molar-refractivity contribution in [2.45, 2.75) is 26.2 Å². The first-order valence-electron chi connectivity index (χ1n) is 7.90. The normalized spacial score (nSPS) is 15.0. The second-order valence-corrected chi connectivity index (χ2v) is 6.50. The first kappa shape index (κ1) is 16.9. The van der Waals surface area contributed by atoms with Crippen molar-refractivity contribution in [3.8, 4) is 0 Å². The van der Waals surface area contributed by atoms with E-state index in [-0.39, 0.29) is 12.6 Å². The predicted molar refractivity (Wildman–Crippen MR) is 95.7 cm³/mol. The molecule has 1 aliphatic rings. The van der Waals surface area contributed by atoms with Crippen LogP contribution in [0.5, 0.6) is 0 Å². The molecule has 3 rings (SSSR count). The van der Waals surface area contributed by atoms with Crippen LogP contribution in [0.3, 0.4) is 0 Å². The molecule has 0 aliphatic carbocycles. The number of aliphatic hydroxyl groups is 1. The third-order valence-electron chi connectivity index (χ3n) is 4.43. The fraction of sp³-hybridized carbons (Fsp3) is 0.278. The molecule has 2 aromatic rings. The first-order valence-corrected chi connectivity index (χ1v) is 7.90. The highest BCUT2D eigenvalue weighted by atomic mass is 16.3. The summed E-state index contributed by atoms with van der Waals surface area (Å²) in [6.07, 6.45) is 3.24. The number of aromatic nitrogens is 1. The van der Waals surface area contributed by atoms with Gasteiger partial charge in [-0.2, -0.15) is 0 Å². The Kier molecular flexibility index (Phi) is 4.18. The molecule has 3 N–H and O–H groups in total. The average molecular weight is 340 g/mol. The lowest BCUT2D eigenvalue weighted by Gasteiger charge is -2.17. The van der Waals surface area contributed by atoms with Crippen molar-refractivity contribution in [3.63, 3.8) is 0 Å². The Labute approximate surface area is 145 Å². The minimum absolute atomic E-state index is 0.169. The fourth-order valence-corrected chi connectivity index (χ4v) is 2.93. The van der Waals surface area contributed by atoms with Crippen LogP contribution in [0.1, 0.15) is 25.0 Å². The molecular formula is C18H20N4O3. The number of aliphatic hydroxyl groups excluding tert-OH is 1. The smallest absolute Gasteiger partial charge is 0.323 e. The van der Waals surface area contributed by atoms with Crippen molar-refractivity contribution in [2.75, 3.05) is 22.3 Å². The summed E-state index contributed by atoms with van der Waals surface area (Å²) in [5.74, 6) is -0.169. The third kappa shape index (κ3) is 2.94. The summed E-state index contributed by atoms with van der Waals surface area (Å²) in [5.41, 5.74) is 2.77. The largest absolute Gasteiger partial charge is 0.376 e. The van der Waals surface area contributed by atoms with Gasteiger partial charge in [0.15, 0.2) is 0 Å². The molecule has 7 nitrogen and oxygen atoms in total. The summed E-state index contributed by atoms with van der Waals surface area (Å²) in [6.45, 7) is 5.10. The highest BCUT2D eigenvalue weighted by Crippen LogP contribution is 2.42. The number of carbonyl (C=O) groups is 2. The summed E-state index contributed by atoms with van der Waals surface area (Å²) >= 11 is 0. The fourth-order valence-electron chi connectivity index (χ4n) is 2.93. The standard InChI is InChI=1S/C18H20N4O3/c1-11-6-7-19-9-14(11)21-17(25)20-12-4-5-15-13(8-12)18(2,3)16(24)22(15)10-23/h4-9,23H,10H2,1-3H3,(H2,20,21,25). The lowest BCUT2D eigenvalue weighted by molar-refractivity contribution is -0.122. The van der Waals surface area contributed by atoms with E-state index in [1.54, 1.807) is 44.4 Å². The van der Waals surface area contributed by atoms with Crippen molar-refractivity contribution >= 4 is 29.0 Å². The maximum Gasteiger partial charge on any atom is 0.323 e. The van der Waals surface area contributed by atoms with E-state index in [0.717, 1.165) is 11.1 Å². The number of nitrogens with one attached hydrogen (secondary N) is 2. The maximum absolute atomic E-state index is 12.4. The Morgan fingerprint density at radius 3 is 2.72 bits per heavy atom. The molecule has 7 heteroatoms. The molecule has 0 radical (unpaired) electrons. The monoisotopic (exact) mass is 340 g/mol. The van der Waals surface area contributed by atoms with Crippen LogP contribution in [0.25, 0.3) is 0 Å². The van der Waals surface area contributed by atoms with Gasteiger partial charge < -0.3 is 15.7 Å². The molecule has 0 bridgehead atoms. The zero-order valence-electron chi connectivity index (χ0n) is 14.3. The van der Waals surface area contributed by atoms with Crippen LogP contribution in [0, 0.1) is 6.92 Å². The molecule has 0 fully saturated rings. The van der Waals surface area contributed by atoms with E-state index in [9.17, 15) is 14.7 Å². The highest BCUT2D eigenvalue weighted by molar-refractivity contribution is 6.08. The summed E-state index contributed by atoms with van der Waals surface area (Å²) in [7, 11) is 0. The van der Waals surface area contributed by atoms with Crippen LogP contribution in [-0.2, 0) is 10.2 Å². The van der Waals surface area contributed by atoms with Crippen LogP contribution in [-0.4, -0.2) is 28.8 Å². The average Bonchev–Trinajstić information content (AvgIpc) is 2.76. The molecule has 0 saturated carbocycles. The number of rotatable bonds is 3. The zero-order chi connectivity index (χ0) is 18.2. The Balaban J connectivity index is 1.82. The Morgan fingerprint density at radius 1 is 1.28 bits per heavy atom. The number of aryl methyl sites for hydroxylation is 1. The van der Waals surface area contributed by atoms with E-state index in [2.05, 4.69) is 15.6 Å². The van der Waals surface area contributed by atoms with Crippen molar-refractivity contribution < 1.29 is 14.7 Å². The number of carbonyl (C=O) groups excluding carboxylic acids is 2. The van der Waals surface area contributed by atoms with E-state index >= 15 is 0 Å². The number of fused-ring (bicyclic) bond motifs is 1. The van der Waals surface area contributed by atoms with E-state index in [1.807, 2.05) is 13.0 Å². The molecule has 0 spiro atoms. The van der Waals surface area contributed by atoms with E-state index < -0.39 is 11.4 Å². The molecule has 2 heterocycles. The summed E-state index contributed by atoms with van der Waals surface area (Å²) < 4.78 is 0. The summed E-state index contributed by atoms with van der Waals surface area (Å²) in [5, 5.41) is 14.9. The molecule has 0 saturated heterocycles. The van der Waals surface area contributed by atoms with E-state index in [1.165, 1.54) is 4.90 Å². The van der Waals surface area contributed by atoms with Gasteiger partial charge >= 0.3 is 6.03 Å². The molecule has 3 amide bonds. The number of pyridine rings is 1.